The zero-order chi connectivity index (χ0) is 11.7. The molecule has 0 saturated carbocycles. The van der Waals surface area contributed by atoms with E-state index in [2.05, 4.69) is 26.9 Å². The first-order valence-electron chi connectivity index (χ1n) is 6.31. The number of pyridine rings is 1. The number of hydrogen-bond donors (Lipinski definition) is 1. The van der Waals surface area contributed by atoms with E-state index in [0.717, 1.165) is 35.9 Å². The molecule has 3 rings (SSSR count). The lowest BCUT2D eigenvalue weighted by atomic mass is 9.96. The van der Waals surface area contributed by atoms with Crippen LogP contribution in [0.1, 0.15) is 18.7 Å². The Morgan fingerprint density at radius 2 is 2.47 bits per heavy atom. The minimum atomic E-state index is 0.722. The fourth-order valence-corrected chi connectivity index (χ4v) is 2.61. The minimum absolute atomic E-state index is 0.722. The van der Waals surface area contributed by atoms with Crippen LogP contribution >= 0.6 is 0 Å². The molecule has 0 bridgehead atoms. The molecular weight excluding hydrogens is 212 g/mol. The van der Waals surface area contributed by atoms with Crippen LogP contribution in [0.2, 0.25) is 0 Å². The third-order valence-electron chi connectivity index (χ3n) is 3.59. The predicted molar refractivity (Wildman–Crippen MR) is 67.8 cm³/mol. The molecule has 0 aromatic carbocycles. The van der Waals surface area contributed by atoms with Gasteiger partial charge in [-0.15, -0.1) is 0 Å². The molecule has 4 nitrogen and oxygen atoms in total. The third-order valence-corrected chi connectivity index (χ3v) is 3.59. The summed E-state index contributed by atoms with van der Waals surface area (Å²) in [6, 6.07) is 3.98. The quantitative estimate of drug-likeness (QED) is 0.850. The van der Waals surface area contributed by atoms with Crippen molar-refractivity contribution in [1.82, 2.24) is 19.9 Å². The second-order valence-electron chi connectivity index (χ2n) is 4.85. The third kappa shape index (κ3) is 2.05. The van der Waals surface area contributed by atoms with Crippen LogP contribution in [0, 0.1) is 5.92 Å². The monoisotopic (exact) mass is 230 g/mol. The first-order valence-corrected chi connectivity index (χ1v) is 6.31. The van der Waals surface area contributed by atoms with Gasteiger partial charge in [0.15, 0.2) is 5.65 Å². The molecule has 1 unspecified atom stereocenters. The molecule has 4 heteroatoms. The van der Waals surface area contributed by atoms with Crippen molar-refractivity contribution in [1.29, 1.82) is 0 Å². The van der Waals surface area contributed by atoms with E-state index in [4.69, 9.17) is 0 Å². The summed E-state index contributed by atoms with van der Waals surface area (Å²) in [6.07, 6.45) is 5.48. The Morgan fingerprint density at radius 1 is 1.53 bits per heavy atom. The van der Waals surface area contributed by atoms with E-state index < -0.39 is 0 Å². The highest BCUT2D eigenvalue weighted by molar-refractivity contribution is 5.70. The average molecular weight is 230 g/mol. The molecule has 90 valence electrons. The molecule has 2 aromatic rings. The maximum absolute atomic E-state index is 4.68. The van der Waals surface area contributed by atoms with Crippen LogP contribution in [-0.4, -0.2) is 27.6 Å². The molecule has 1 N–H and O–H groups in total. The van der Waals surface area contributed by atoms with E-state index in [1.807, 2.05) is 18.3 Å². The Labute approximate surface area is 101 Å². The largest absolute Gasteiger partial charge is 0.316 e. The molecule has 1 atom stereocenters. The van der Waals surface area contributed by atoms with Gasteiger partial charge in [0.25, 0.3) is 0 Å². The second-order valence-corrected chi connectivity index (χ2v) is 4.85. The standard InChI is InChI=1S/C13H18N4/c1-17-12(8-10-4-2-6-14-9-10)16-11-5-3-7-15-13(11)17/h3,5,7,10,14H,2,4,6,8-9H2,1H3. The number of aromatic nitrogens is 3. The molecule has 1 fully saturated rings. The van der Waals surface area contributed by atoms with E-state index in [1.54, 1.807) is 0 Å². The van der Waals surface area contributed by atoms with Gasteiger partial charge in [-0.3, -0.25) is 0 Å². The molecule has 0 amide bonds. The SMILES string of the molecule is Cn1c(CC2CCCNC2)nc2cccnc21. The molecule has 2 aromatic heterocycles. The highest BCUT2D eigenvalue weighted by atomic mass is 15.1. The van der Waals surface area contributed by atoms with Crippen LogP contribution in [0.4, 0.5) is 0 Å². The van der Waals surface area contributed by atoms with E-state index in [0.29, 0.717) is 0 Å². The number of imidazole rings is 1. The zero-order valence-corrected chi connectivity index (χ0v) is 10.2. The van der Waals surface area contributed by atoms with E-state index in [9.17, 15) is 0 Å². The fraction of sp³-hybridized carbons (Fsp3) is 0.538. The average Bonchev–Trinajstić information content (AvgIpc) is 2.68. The summed E-state index contributed by atoms with van der Waals surface area (Å²) in [6.45, 7) is 2.29. The van der Waals surface area contributed by atoms with Crippen molar-refractivity contribution in [3.63, 3.8) is 0 Å². The Hall–Kier alpha value is -1.42. The summed E-state index contributed by atoms with van der Waals surface area (Å²) in [4.78, 5) is 9.06. The van der Waals surface area contributed by atoms with Gasteiger partial charge in [-0.2, -0.15) is 0 Å². The first kappa shape index (κ1) is 10.7. The number of piperidine rings is 1. The van der Waals surface area contributed by atoms with Gasteiger partial charge in [-0.1, -0.05) is 0 Å². The molecule has 0 aliphatic carbocycles. The van der Waals surface area contributed by atoms with Gasteiger partial charge in [0, 0.05) is 19.7 Å². The van der Waals surface area contributed by atoms with Crippen LogP contribution in [-0.2, 0) is 13.5 Å². The van der Waals surface area contributed by atoms with Gasteiger partial charge in [-0.25, -0.2) is 9.97 Å². The highest BCUT2D eigenvalue weighted by Crippen LogP contribution is 2.18. The number of nitrogens with one attached hydrogen (secondary N) is 1. The number of fused-ring (bicyclic) bond motifs is 1. The lowest BCUT2D eigenvalue weighted by molar-refractivity contribution is 0.368. The van der Waals surface area contributed by atoms with Gasteiger partial charge >= 0.3 is 0 Å². The van der Waals surface area contributed by atoms with Crippen molar-refractivity contribution in [2.75, 3.05) is 13.1 Å². The van der Waals surface area contributed by atoms with Crippen molar-refractivity contribution in [2.24, 2.45) is 13.0 Å². The van der Waals surface area contributed by atoms with Crippen molar-refractivity contribution in [3.05, 3.63) is 24.2 Å². The lowest BCUT2D eigenvalue weighted by Crippen LogP contribution is -2.31. The highest BCUT2D eigenvalue weighted by Gasteiger charge is 2.17. The van der Waals surface area contributed by atoms with Crippen molar-refractivity contribution in [3.8, 4) is 0 Å². The summed E-state index contributed by atoms with van der Waals surface area (Å²) < 4.78 is 2.13. The number of aryl methyl sites for hydroxylation is 1. The number of hydrogen-bond acceptors (Lipinski definition) is 3. The topological polar surface area (TPSA) is 42.7 Å². The maximum Gasteiger partial charge on any atom is 0.159 e. The van der Waals surface area contributed by atoms with Gasteiger partial charge < -0.3 is 9.88 Å². The lowest BCUT2D eigenvalue weighted by Gasteiger charge is -2.22. The first-order chi connectivity index (χ1) is 8.34. The second kappa shape index (κ2) is 4.45. The molecule has 0 radical (unpaired) electrons. The molecule has 1 aliphatic rings. The Bertz CT molecular complexity index is 511. The smallest absolute Gasteiger partial charge is 0.159 e. The van der Waals surface area contributed by atoms with E-state index in [1.165, 1.54) is 19.4 Å². The van der Waals surface area contributed by atoms with Crippen LogP contribution in [0.5, 0.6) is 0 Å². The van der Waals surface area contributed by atoms with Crippen LogP contribution in [0.25, 0.3) is 11.2 Å². The molecular formula is C13H18N4. The van der Waals surface area contributed by atoms with Crippen LogP contribution in [0.15, 0.2) is 18.3 Å². The van der Waals surface area contributed by atoms with Crippen LogP contribution < -0.4 is 5.32 Å². The Balaban J connectivity index is 1.87. The maximum atomic E-state index is 4.68. The summed E-state index contributed by atoms with van der Waals surface area (Å²) >= 11 is 0. The van der Waals surface area contributed by atoms with Gasteiger partial charge in [0.1, 0.15) is 11.3 Å². The molecule has 1 aliphatic heterocycles. The summed E-state index contributed by atoms with van der Waals surface area (Å²) in [7, 11) is 2.06. The van der Waals surface area contributed by atoms with Gasteiger partial charge in [0.2, 0.25) is 0 Å². The molecule has 1 saturated heterocycles. The van der Waals surface area contributed by atoms with Gasteiger partial charge in [0.05, 0.1) is 0 Å². The Morgan fingerprint density at radius 3 is 3.24 bits per heavy atom. The summed E-state index contributed by atoms with van der Waals surface area (Å²) in [5.41, 5.74) is 2.00. The Kier molecular flexibility index (Phi) is 2.81. The van der Waals surface area contributed by atoms with Crippen molar-refractivity contribution < 1.29 is 0 Å². The van der Waals surface area contributed by atoms with Crippen molar-refractivity contribution >= 4 is 11.2 Å². The number of nitrogens with zero attached hydrogens (tertiary/aromatic N) is 3. The normalized spacial score (nSPS) is 20.9. The zero-order valence-electron chi connectivity index (χ0n) is 10.2. The molecule has 17 heavy (non-hydrogen) atoms. The fourth-order valence-electron chi connectivity index (χ4n) is 2.61. The van der Waals surface area contributed by atoms with E-state index >= 15 is 0 Å². The molecule has 3 heterocycles. The van der Waals surface area contributed by atoms with Crippen molar-refractivity contribution in [2.45, 2.75) is 19.3 Å². The summed E-state index contributed by atoms with van der Waals surface area (Å²) in [5.74, 6) is 1.88. The van der Waals surface area contributed by atoms with Gasteiger partial charge in [-0.05, 0) is 44.0 Å². The van der Waals surface area contributed by atoms with Crippen LogP contribution in [0.3, 0.4) is 0 Å². The molecule has 0 spiro atoms. The predicted octanol–water partition coefficient (Wildman–Crippen LogP) is 1.51. The minimum Gasteiger partial charge on any atom is -0.316 e. The number of rotatable bonds is 2. The van der Waals surface area contributed by atoms with E-state index in [-0.39, 0.29) is 0 Å². The summed E-state index contributed by atoms with van der Waals surface area (Å²) in [5, 5.41) is 3.46.